The minimum atomic E-state index is -0.411. The van der Waals surface area contributed by atoms with Crippen LogP contribution in [-0.2, 0) is 9.59 Å². The van der Waals surface area contributed by atoms with Crippen LogP contribution in [0.4, 0.5) is 5.69 Å². The first-order chi connectivity index (χ1) is 13.0. The molecule has 2 heterocycles. The number of aromatic nitrogens is 3. The predicted molar refractivity (Wildman–Crippen MR) is 106 cm³/mol. The third kappa shape index (κ3) is 4.46. The van der Waals surface area contributed by atoms with Gasteiger partial charge in [0.15, 0.2) is 10.8 Å². The first-order valence-corrected chi connectivity index (χ1v) is 9.44. The van der Waals surface area contributed by atoms with Crippen molar-refractivity contribution in [3.05, 3.63) is 53.7 Å². The van der Waals surface area contributed by atoms with Gasteiger partial charge in [0, 0.05) is 11.9 Å². The Morgan fingerprint density at radius 1 is 1.11 bits per heavy atom. The molecule has 0 aliphatic carbocycles. The number of benzene rings is 1. The Bertz CT molecular complexity index is 965. The highest BCUT2D eigenvalue weighted by Crippen LogP contribution is 2.22. The molecule has 7 nitrogen and oxygen atoms in total. The number of hydrogen-bond donors (Lipinski definition) is 2. The molecular formula is C19H21N5O2S. The Labute approximate surface area is 161 Å². The summed E-state index contributed by atoms with van der Waals surface area (Å²) < 4.78 is 1.82. The summed E-state index contributed by atoms with van der Waals surface area (Å²) in [6.07, 6.45) is 1.85. The number of anilines is 1. The highest BCUT2D eigenvalue weighted by Gasteiger charge is 2.18. The van der Waals surface area contributed by atoms with Crippen molar-refractivity contribution in [2.24, 2.45) is 0 Å². The van der Waals surface area contributed by atoms with Crippen molar-refractivity contribution >= 4 is 34.9 Å². The van der Waals surface area contributed by atoms with Crippen molar-refractivity contribution in [1.82, 2.24) is 19.9 Å². The number of pyridine rings is 1. The fourth-order valence-electron chi connectivity index (χ4n) is 2.62. The van der Waals surface area contributed by atoms with E-state index in [1.165, 1.54) is 11.8 Å². The van der Waals surface area contributed by atoms with E-state index >= 15 is 0 Å². The van der Waals surface area contributed by atoms with E-state index in [2.05, 4.69) is 20.8 Å². The van der Waals surface area contributed by atoms with Crippen molar-refractivity contribution < 1.29 is 9.59 Å². The molecule has 2 N–H and O–H groups in total. The molecule has 0 radical (unpaired) electrons. The fourth-order valence-corrected chi connectivity index (χ4v) is 3.48. The number of aryl methyl sites for hydroxylation is 2. The van der Waals surface area contributed by atoms with E-state index in [1.54, 1.807) is 6.92 Å². The lowest BCUT2D eigenvalue weighted by Crippen LogP contribution is -2.37. The average Bonchev–Trinajstić information content (AvgIpc) is 3.06. The van der Waals surface area contributed by atoms with E-state index < -0.39 is 5.25 Å². The fraction of sp³-hybridized carbons (Fsp3) is 0.263. The highest BCUT2D eigenvalue weighted by atomic mass is 32.2. The lowest BCUT2D eigenvalue weighted by molar-refractivity contribution is -0.123. The lowest BCUT2D eigenvalue weighted by atomic mass is 10.1. The zero-order valence-corrected chi connectivity index (χ0v) is 16.2. The molecule has 0 saturated carbocycles. The monoisotopic (exact) mass is 383 g/mol. The predicted octanol–water partition coefficient (Wildman–Crippen LogP) is 2.58. The number of thioether (sulfide) groups is 1. The van der Waals surface area contributed by atoms with Gasteiger partial charge in [-0.2, -0.15) is 0 Å². The van der Waals surface area contributed by atoms with E-state index in [0.717, 1.165) is 22.5 Å². The molecule has 0 aliphatic heterocycles. The third-order valence-electron chi connectivity index (χ3n) is 4.10. The maximum atomic E-state index is 12.3. The molecule has 140 valence electrons. The normalized spacial score (nSPS) is 12.0. The minimum Gasteiger partial charge on any atom is -0.346 e. The number of hydrogen-bond acceptors (Lipinski definition) is 5. The molecule has 1 atom stereocenters. The summed E-state index contributed by atoms with van der Waals surface area (Å²) in [5.74, 6) is -0.491. The Kier molecular flexibility index (Phi) is 5.75. The molecule has 1 aromatic carbocycles. The van der Waals surface area contributed by atoms with Gasteiger partial charge >= 0.3 is 0 Å². The smallest absolute Gasteiger partial charge is 0.243 e. The van der Waals surface area contributed by atoms with Crippen LogP contribution in [0.2, 0.25) is 0 Å². The summed E-state index contributed by atoms with van der Waals surface area (Å²) in [4.78, 5) is 24.5. The Balaban J connectivity index is 1.55. The molecule has 3 rings (SSSR count). The molecular weight excluding hydrogens is 362 g/mol. The second kappa shape index (κ2) is 8.22. The van der Waals surface area contributed by atoms with Crippen LogP contribution >= 0.6 is 11.8 Å². The van der Waals surface area contributed by atoms with E-state index in [9.17, 15) is 9.59 Å². The molecule has 0 aliphatic rings. The van der Waals surface area contributed by atoms with Crippen molar-refractivity contribution in [2.45, 2.75) is 31.2 Å². The summed E-state index contributed by atoms with van der Waals surface area (Å²) in [6.45, 7) is 5.55. The summed E-state index contributed by atoms with van der Waals surface area (Å²) >= 11 is 1.29. The number of nitrogens with zero attached hydrogens (tertiary/aromatic N) is 3. The van der Waals surface area contributed by atoms with Gasteiger partial charge in [-0.3, -0.25) is 14.0 Å². The third-order valence-corrected chi connectivity index (χ3v) is 5.16. The van der Waals surface area contributed by atoms with Gasteiger partial charge in [-0.25, -0.2) is 0 Å². The first-order valence-electron chi connectivity index (χ1n) is 8.56. The second-order valence-electron chi connectivity index (χ2n) is 6.20. The molecule has 0 bridgehead atoms. The Morgan fingerprint density at radius 3 is 2.59 bits per heavy atom. The number of carbonyl (C=O) groups excluding carboxylic acids is 2. The van der Waals surface area contributed by atoms with Crippen molar-refractivity contribution in [3.63, 3.8) is 0 Å². The average molecular weight is 383 g/mol. The second-order valence-corrected chi connectivity index (χ2v) is 7.51. The number of para-hydroxylation sites is 1. The van der Waals surface area contributed by atoms with Crippen LogP contribution in [0.5, 0.6) is 0 Å². The number of nitrogens with one attached hydrogen (secondary N) is 2. The van der Waals surface area contributed by atoms with Gasteiger partial charge in [-0.15, -0.1) is 10.2 Å². The van der Waals surface area contributed by atoms with Gasteiger partial charge in [0.25, 0.3) is 0 Å². The zero-order valence-electron chi connectivity index (χ0n) is 15.4. The molecule has 3 aromatic rings. The molecule has 2 aromatic heterocycles. The van der Waals surface area contributed by atoms with Gasteiger partial charge in [-0.05, 0) is 44.0 Å². The van der Waals surface area contributed by atoms with Crippen LogP contribution in [0.1, 0.15) is 18.1 Å². The van der Waals surface area contributed by atoms with Gasteiger partial charge in [0.2, 0.25) is 11.8 Å². The number of rotatable bonds is 6. The van der Waals surface area contributed by atoms with E-state index in [4.69, 9.17) is 0 Å². The van der Waals surface area contributed by atoms with Gasteiger partial charge in [0.05, 0.1) is 11.8 Å². The molecule has 0 fully saturated rings. The van der Waals surface area contributed by atoms with Crippen LogP contribution in [0, 0.1) is 13.8 Å². The zero-order chi connectivity index (χ0) is 19.4. The van der Waals surface area contributed by atoms with Gasteiger partial charge in [0.1, 0.15) is 0 Å². The van der Waals surface area contributed by atoms with Crippen LogP contribution in [0.25, 0.3) is 5.65 Å². The molecule has 0 saturated heterocycles. The van der Waals surface area contributed by atoms with Crippen molar-refractivity contribution in [2.75, 3.05) is 11.9 Å². The van der Waals surface area contributed by atoms with Crippen LogP contribution in [0.15, 0.2) is 47.8 Å². The largest absolute Gasteiger partial charge is 0.346 e. The maximum absolute atomic E-state index is 12.3. The van der Waals surface area contributed by atoms with Crippen molar-refractivity contribution in [3.8, 4) is 0 Å². The molecule has 8 heteroatoms. The van der Waals surface area contributed by atoms with E-state index in [1.807, 2.05) is 60.8 Å². The molecule has 27 heavy (non-hydrogen) atoms. The summed E-state index contributed by atoms with van der Waals surface area (Å²) in [5, 5.41) is 13.9. The maximum Gasteiger partial charge on any atom is 0.243 e. The Morgan fingerprint density at radius 2 is 1.85 bits per heavy atom. The van der Waals surface area contributed by atoms with Gasteiger partial charge in [-0.1, -0.05) is 36.0 Å². The van der Waals surface area contributed by atoms with Crippen molar-refractivity contribution in [1.29, 1.82) is 0 Å². The van der Waals surface area contributed by atoms with Gasteiger partial charge < -0.3 is 10.6 Å². The first kappa shape index (κ1) is 18.9. The van der Waals surface area contributed by atoms with Crippen LogP contribution in [-0.4, -0.2) is 38.2 Å². The standard InChI is InChI=1S/C19H21N5O2S/c1-12-7-6-8-13(2)17(12)21-16(25)11-20-18(26)14(3)27-19-23-22-15-9-4-5-10-24(15)19/h4-10,14H,11H2,1-3H3,(H,20,26)(H,21,25)/t14-/m0/s1. The number of amides is 2. The minimum absolute atomic E-state index is 0.0852. The van der Waals surface area contributed by atoms with E-state index in [0.29, 0.717) is 5.16 Å². The quantitative estimate of drug-likeness (QED) is 0.639. The Hall–Kier alpha value is -2.87. The molecule has 0 spiro atoms. The SMILES string of the molecule is Cc1cccc(C)c1NC(=O)CNC(=O)[C@H](C)Sc1nnc2ccccn12. The lowest BCUT2D eigenvalue weighted by Gasteiger charge is -2.13. The van der Waals surface area contributed by atoms with Crippen LogP contribution in [0.3, 0.4) is 0 Å². The number of fused-ring (bicyclic) bond motifs is 1. The summed E-state index contributed by atoms with van der Waals surface area (Å²) in [7, 11) is 0. The highest BCUT2D eigenvalue weighted by molar-refractivity contribution is 8.00. The number of carbonyl (C=O) groups is 2. The van der Waals surface area contributed by atoms with E-state index in [-0.39, 0.29) is 18.4 Å². The summed E-state index contributed by atoms with van der Waals surface area (Å²) in [6, 6.07) is 11.4. The van der Waals surface area contributed by atoms with Crippen LogP contribution < -0.4 is 10.6 Å². The topological polar surface area (TPSA) is 88.4 Å². The summed E-state index contributed by atoms with van der Waals surface area (Å²) in [5.41, 5.74) is 3.48. The molecule has 0 unspecified atom stereocenters. The molecule has 2 amide bonds.